The molecule has 1 aromatic rings. The molecule has 0 heterocycles. The van der Waals surface area contributed by atoms with Crippen molar-refractivity contribution in [3.63, 3.8) is 0 Å². The predicted molar refractivity (Wildman–Crippen MR) is 81.1 cm³/mol. The minimum Gasteiger partial charge on any atom is -0.393 e. The summed E-state index contributed by atoms with van der Waals surface area (Å²) in [6, 6.07) is 3.44. The van der Waals surface area contributed by atoms with Gasteiger partial charge in [-0.25, -0.2) is 9.18 Å². The van der Waals surface area contributed by atoms with Crippen molar-refractivity contribution in [3.05, 3.63) is 24.0 Å². The molecule has 1 aliphatic carbocycles. The highest BCUT2D eigenvalue weighted by molar-refractivity contribution is 5.92. The van der Waals surface area contributed by atoms with Gasteiger partial charge in [0.15, 0.2) is 0 Å². The van der Waals surface area contributed by atoms with E-state index in [1.165, 1.54) is 25.1 Å². The second-order valence-corrected chi connectivity index (χ2v) is 5.48. The fourth-order valence-corrected chi connectivity index (χ4v) is 2.47. The monoisotopic (exact) mass is 309 g/mol. The van der Waals surface area contributed by atoms with Crippen LogP contribution < -0.4 is 16.0 Å². The summed E-state index contributed by atoms with van der Waals surface area (Å²) >= 11 is 0. The quantitative estimate of drug-likeness (QED) is 0.690. The third-order valence-electron chi connectivity index (χ3n) is 3.57. The van der Waals surface area contributed by atoms with E-state index >= 15 is 0 Å². The number of aliphatic hydroxyl groups excluding tert-OH is 1. The van der Waals surface area contributed by atoms with Gasteiger partial charge in [0.2, 0.25) is 5.91 Å². The molecule has 3 amide bonds. The number of anilines is 2. The van der Waals surface area contributed by atoms with Crippen LogP contribution in [0.3, 0.4) is 0 Å². The fourth-order valence-electron chi connectivity index (χ4n) is 2.47. The highest BCUT2D eigenvalue weighted by Gasteiger charge is 2.21. The zero-order valence-electron chi connectivity index (χ0n) is 12.4. The van der Waals surface area contributed by atoms with Gasteiger partial charge in [0, 0.05) is 18.7 Å². The first-order valence-electron chi connectivity index (χ1n) is 7.27. The first-order valence-corrected chi connectivity index (χ1v) is 7.27. The number of nitrogens with one attached hydrogen (secondary N) is 3. The van der Waals surface area contributed by atoms with Gasteiger partial charge in [-0.15, -0.1) is 0 Å². The molecule has 0 atom stereocenters. The molecule has 0 aromatic heterocycles. The molecule has 120 valence electrons. The van der Waals surface area contributed by atoms with Crippen molar-refractivity contribution in [2.75, 3.05) is 10.6 Å². The summed E-state index contributed by atoms with van der Waals surface area (Å²) in [5, 5.41) is 17.2. The normalized spacial score (nSPS) is 21.0. The van der Waals surface area contributed by atoms with E-state index in [-0.39, 0.29) is 23.7 Å². The van der Waals surface area contributed by atoms with Crippen molar-refractivity contribution < 1.29 is 19.1 Å². The maximum absolute atomic E-state index is 13.7. The average molecular weight is 309 g/mol. The van der Waals surface area contributed by atoms with Crippen LogP contribution in [0.1, 0.15) is 32.6 Å². The fraction of sp³-hybridized carbons (Fsp3) is 0.467. The number of hydrogen-bond acceptors (Lipinski definition) is 3. The summed E-state index contributed by atoms with van der Waals surface area (Å²) in [5.41, 5.74) is 0.407. The number of amides is 3. The van der Waals surface area contributed by atoms with Gasteiger partial charge in [0.25, 0.3) is 0 Å². The molecule has 0 bridgehead atoms. The zero-order chi connectivity index (χ0) is 16.1. The number of urea groups is 1. The van der Waals surface area contributed by atoms with Crippen molar-refractivity contribution in [1.82, 2.24) is 5.32 Å². The molecule has 6 nitrogen and oxygen atoms in total. The summed E-state index contributed by atoms with van der Waals surface area (Å²) in [6.07, 6.45) is 2.40. The molecule has 0 aliphatic heterocycles. The van der Waals surface area contributed by atoms with E-state index in [0.29, 0.717) is 31.4 Å². The largest absolute Gasteiger partial charge is 0.393 e. The van der Waals surface area contributed by atoms with E-state index in [0.717, 1.165) is 0 Å². The highest BCUT2D eigenvalue weighted by Crippen LogP contribution is 2.21. The van der Waals surface area contributed by atoms with E-state index in [9.17, 15) is 19.1 Å². The predicted octanol–water partition coefficient (Wildman–Crippen LogP) is 2.21. The Bertz CT molecular complexity index is 557. The number of rotatable bonds is 3. The molecule has 1 fully saturated rings. The molecular weight excluding hydrogens is 289 g/mol. The second kappa shape index (κ2) is 7.22. The average Bonchev–Trinajstić information content (AvgIpc) is 2.44. The Morgan fingerprint density at radius 3 is 2.50 bits per heavy atom. The Labute approximate surface area is 128 Å². The van der Waals surface area contributed by atoms with E-state index in [1.54, 1.807) is 0 Å². The Morgan fingerprint density at radius 2 is 1.86 bits per heavy atom. The minimum atomic E-state index is -0.580. The van der Waals surface area contributed by atoms with Crippen LogP contribution in [0.5, 0.6) is 0 Å². The lowest BCUT2D eigenvalue weighted by Crippen LogP contribution is -2.41. The van der Waals surface area contributed by atoms with Crippen molar-refractivity contribution in [2.45, 2.75) is 44.8 Å². The summed E-state index contributed by atoms with van der Waals surface area (Å²) < 4.78 is 13.7. The second-order valence-electron chi connectivity index (χ2n) is 5.48. The van der Waals surface area contributed by atoms with Gasteiger partial charge >= 0.3 is 6.03 Å². The summed E-state index contributed by atoms with van der Waals surface area (Å²) in [5.74, 6) is -0.855. The third-order valence-corrected chi connectivity index (χ3v) is 3.57. The van der Waals surface area contributed by atoms with Gasteiger partial charge in [-0.1, -0.05) is 0 Å². The number of halogens is 1. The first kappa shape index (κ1) is 16.2. The number of benzene rings is 1. The van der Waals surface area contributed by atoms with Crippen LogP contribution in [-0.4, -0.2) is 29.2 Å². The van der Waals surface area contributed by atoms with Crippen LogP contribution in [-0.2, 0) is 4.79 Å². The topological polar surface area (TPSA) is 90.5 Å². The Balaban J connectivity index is 1.94. The van der Waals surface area contributed by atoms with Crippen LogP contribution >= 0.6 is 0 Å². The van der Waals surface area contributed by atoms with E-state index in [4.69, 9.17) is 0 Å². The van der Waals surface area contributed by atoms with E-state index in [1.807, 2.05) is 0 Å². The van der Waals surface area contributed by atoms with Crippen LogP contribution in [0, 0.1) is 5.82 Å². The van der Waals surface area contributed by atoms with Gasteiger partial charge < -0.3 is 21.1 Å². The molecule has 1 aliphatic rings. The van der Waals surface area contributed by atoms with E-state index in [2.05, 4.69) is 16.0 Å². The van der Waals surface area contributed by atoms with Gasteiger partial charge in [-0.3, -0.25) is 4.79 Å². The molecule has 7 heteroatoms. The standard InChI is InChI=1S/C15H20FN3O3/c1-9(20)17-11-4-7-13(16)14(8-11)19-15(22)18-10-2-5-12(21)6-3-10/h4,7-8,10,12,21H,2-3,5-6H2,1H3,(H,17,20)(H2,18,19,22). The van der Waals surface area contributed by atoms with Gasteiger partial charge in [-0.05, 0) is 43.9 Å². The molecule has 0 radical (unpaired) electrons. The molecule has 1 saturated carbocycles. The molecule has 0 spiro atoms. The molecular formula is C15H20FN3O3. The summed E-state index contributed by atoms with van der Waals surface area (Å²) in [7, 11) is 0. The van der Waals surface area contributed by atoms with Crippen molar-refractivity contribution in [2.24, 2.45) is 0 Å². The van der Waals surface area contributed by atoms with Gasteiger partial charge in [0.1, 0.15) is 5.82 Å². The lowest BCUT2D eigenvalue weighted by molar-refractivity contribution is -0.114. The maximum atomic E-state index is 13.7. The number of hydrogen-bond donors (Lipinski definition) is 4. The van der Waals surface area contributed by atoms with Gasteiger partial charge in [0.05, 0.1) is 11.8 Å². The SMILES string of the molecule is CC(=O)Nc1ccc(F)c(NC(=O)NC2CCC(O)CC2)c1. The van der Waals surface area contributed by atoms with Crippen molar-refractivity contribution in [1.29, 1.82) is 0 Å². The lowest BCUT2D eigenvalue weighted by Gasteiger charge is -2.26. The first-order chi connectivity index (χ1) is 10.4. The van der Waals surface area contributed by atoms with Crippen LogP contribution in [0.2, 0.25) is 0 Å². The molecule has 0 unspecified atom stereocenters. The smallest absolute Gasteiger partial charge is 0.319 e. The third kappa shape index (κ3) is 4.70. The van der Waals surface area contributed by atoms with Crippen molar-refractivity contribution in [3.8, 4) is 0 Å². The molecule has 0 saturated heterocycles. The van der Waals surface area contributed by atoms with Crippen molar-refractivity contribution >= 4 is 23.3 Å². The van der Waals surface area contributed by atoms with Crippen LogP contribution in [0.25, 0.3) is 0 Å². The molecule has 1 aromatic carbocycles. The molecule has 22 heavy (non-hydrogen) atoms. The van der Waals surface area contributed by atoms with Crippen LogP contribution in [0.4, 0.5) is 20.6 Å². The number of carbonyl (C=O) groups is 2. The Kier molecular flexibility index (Phi) is 5.32. The van der Waals surface area contributed by atoms with Crippen LogP contribution in [0.15, 0.2) is 18.2 Å². The Morgan fingerprint density at radius 1 is 1.18 bits per heavy atom. The van der Waals surface area contributed by atoms with E-state index < -0.39 is 11.8 Å². The Hall–Kier alpha value is -2.15. The number of carbonyl (C=O) groups excluding carboxylic acids is 2. The van der Waals surface area contributed by atoms with Gasteiger partial charge in [-0.2, -0.15) is 0 Å². The minimum absolute atomic E-state index is 0.000376. The highest BCUT2D eigenvalue weighted by atomic mass is 19.1. The summed E-state index contributed by atoms with van der Waals surface area (Å²) in [4.78, 5) is 22.9. The molecule has 2 rings (SSSR count). The zero-order valence-corrected chi connectivity index (χ0v) is 12.4. The molecule has 4 N–H and O–H groups in total. The number of aliphatic hydroxyl groups is 1. The lowest BCUT2D eigenvalue weighted by atomic mass is 9.93. The maximum Gasteiger partial charge on any atom is 0.319 e. The summed E-state index contributed by atoms with van der Waals surface area (Å²) in [6.45, 7) is 1.35.